The number of anilines is 1. The van der Waals surface area contributed by atoms with Crippen molar-refractivity contribution >= 4 is 33.9 Å². The molecule has 0 aliphatic carbocycles. The van der Waals surface area contributed by atoms with Gasteiger partial charge in [-0.05, 0) is 39.0 Å². The maximum Gasteiger partial charge on any atom is 0.257 e. The minimum Gasteiger partial charge on any atom is -0.382 e. The highest BCUT2D eigenvalue weighted by atomic mass is 19.1. The lowest BCUT2D eigenvalue weighted by molar-refractivity contribution is 0.0694. The van der Waals surface area contributed by atoms with E-state index in [0.717, 1.165) is 11.3 Å². The van der Waals surface area contributed by atoms with Gasteiger partial charge in [0.15, 0.2) is 0 Å². The van der Waals surface area contributed by atoms with Crippen molar-refractivity contribution in [1.82, 2.24) is 28.7 Å². The summed E-state index contributed by atoms with van der Waals surface area (Å²) in [5.41, 5.74) is 9.05. The van der Waals surface area contributed by atoms with Gasteiger partial charge in [-0.25, -0.2) is 19.3 Å². The molecule has 0 fully saturated rings. The second-order valence-electron chi connectivity index (χ2n) is 7.74. The van der Waals surface area contributed by atoms with Crippen LogP contribution >= 0.6 is 0 Å². The van der Waals surface area contributed by atoms with Gasteiger partial charge in [0, 0.05) is 25.0 Å². The summed E-state index contributed by atoms with van der Waals surface area (Å²) in [4.78, 5) is 28.3. The van der Waals surface area contributed by atoms with Crippen LogP contribution in [0, 0.1) is 12.7 Å². The van der Waals surface area contributed by atoms with Crippen LogP contribution in [0.3, 0.4) is 0 Å². The van der Waals surface area contributed by atoms with Crippen molar-refractivity contribution in [3.63, 3.8) is 0 Å². The van der Waals surface area contributed by atoms with Gasteiger partial charge in [0.1, 0.15) is 28.6 Å². The van der Waals surface area contributed by atoms with Crippen LogP contribution in [0.2, 0.25) is 0 Å². The third-order valence-corrected chi connectivity index (χ3v) is 5.86. The van der Waals surface area contributed by atoms with Crippen molar-refractivity contribution < 1.29 is 9.18 Å². The van der Waals surface area contributed by atoms with Gasteiger partial charge in [0.25, 0.3) is 5.91 Å². The predicted molar refractivity (Wildman–Crippen MR) is 120 cm³/mol. The first kappa shape index (κ1) is 19.9. The molecular formula is C23H22FN7O. The van der Waals surface area contributed by atoms with Crippen LogP contribution in [0.4, 0.5) is 10.2 Å². The van der Waals surface area contributed by atoms with E-state index in [0.29, 0.717) is 28.9 Å². The molecule has 162 valence electrons. The maximum absolute atomic E-state index is 15.1. The van der Waals surface area contributed by atoms with Gasteiger partial charge >= 0.3 is 0 Å². The molecular weight excluding hydrogens is 409 g/mol. The van der Waals surface area contributed by atoms with Gasteiger partial charge in [-0.3, -0.25) is 9.20 Å². The lowest BCUT2D eigenvalue weighted by Gasteiger charge is -2.27. The number of aryl methyl sites for hydroxylation is 1. The molecule has 1 atom stereocenters. The average molecular weight is 431 g/mol. The largest absolute Gasteiger partial charge is 0.382 e. The quantitative estimate of drug-likeness (QED) is 0.467. The number of hydrogen-bond donors (Lipinski definition) is 1. The summed E-state index contributed by atoms with van der Waals surface area (Å²) in [6.07, 6.45) is 5.40. The van der Waals surface area contributed by atoms with Gasteiger partial charge in [-0.2, -0.15) is 0 Å². The number of benzene rings is 1. The molecule has 0 aliphatic heterocycles. The molecule has 4 heterocycles. The van der Waals surface area contributed by atoms with Crippen molar-refractivity contribution in [2.24, 2.45) is 0 Å². The molecule has 32 heavy (non-hydrogen) atoms. The normalized spacial score (nSPS) is 12.6. The van der Waals surface area contributed by atoms with E-state index in [1.165, 1.54) is 12.1 Å². The van der Waals surface area contributed by atoms with Crippen LogP contribution in [0.1, 0.15) is 41.8 Å². The van der Waals surface area contributed by atoms with Gasteiger partial charge in [0.05, 0.1) is 34.5 Å². The zero-order chi connectivity index (χ0) is 22.6. The van der Waals surface area contributed by atoms with Crippen LogP contribution in [0.25, 0.3) is 22.2 Å². The second-order valence-corrected chi connectivity index (χ2v) is 7.74. The number of nitrogen functional groups attached to an aromatic ring is 1. The van der Waals surface area contributed by atoms with Crippen LogP contribution in [-0.4, -0.2) is 41.1 Å². The number of amides is 1. The molecule has 0 bridgehead atoms. The molecule has 0 aliphatic rings. The number of fused-ring (bicyclic) bond motifs is 4. The number of rotatable bonds is 4. The number of nitrogens with two attached hydrogens (primary N) is 1. The number of hydrogen-bond acceptors (Lipinski definition) is 5. The number of aromatic nitrogens is 5. The lowest BCUT2D eigenvalue weighted by atomic mass is 10.1. The highest BCUT2D eigenvalue weighted by molar-refractivity contribution is 5.98. The Hall–Kier alpha value is -4.01. The van der Waals surface area contributed by atoms with Crippen molar-refractivity contribution in [1.29, 1.82) is 0 Å². The highest BCUT2D eigenvalue weighted by Gasteiger charge is 2.26. The summed E-state index contributed by atoms with van der Waals surface area (Å²) in [5, 5.41) is 0. The maximum atomic E-state index is 15.1. The van der Waals surface area contributed by atoms with E-state index in [-0.39, 0.29) is 17.4 Å². The number of nitrogens with zero attached hydrogens (tertiary/aromatic N) is 6. The standard InChI is InChI=1S/C23H22FN7O/c1-4-30(13(2)18-12-29-8-6-5-7-21(29)27-18)23(32)15-9-19-17(10-16(15)24)28-22(25)20-11-26-14(3)31(19)20/h5-13H,4H2,1-3H3,(H2,25,28). The number of carbonyl (C=O) groups excluding carboxylic acids is 1. The topological polar surface area (TPSA) is 93.8 Å². The van der Waals surface area contributed by atoms with E-state index >= 15 is 4.39 Å². The fourth-order valence-corrected chi connectivity index (χ4v) is 4.16. The fraction of sp³-hybridized carbons (Fsp3) is 0.217. The van der Waals surface area contributed by atoms with Crippen molar-refractivity contribution in [3.8, 4) is 0 Å². The van der Waals surface area contributed by atoms with Gasteiger partial charge in [-0.1, -0.05) is 6.07 Å². The fourth-order valence-electron chi connectivity index (χ4n) is 4.16. The zero-order valence-corrected chi connectivity index (χ0v) is 18.0. The lowest BCUT2D eigenvalue weighted by Crippen LogP contribution is -2.34. The van der Waals surface area contributed by atoms with Crippen LogP contribution in [-0.2, 0) is 0 Å². The number of pyridine rings is 1. The molecule has 2 N–H and O–H groups in total. The minimum absolute atomic E-state index is 0.0315. The third-order valence-electron chi connectivity index (χ3n) is 5.86. The van der Waals surface area contributed by atoms with E-state index in [9.17, 15) is 4.79 Å². The Morgan fingerprint density at radius 1 is 1.25 bits per heavy atom. The summed E-state index contributed by atoms with van der Waals surface area (Å²) in [7, 11) is 0. The Kier molecular flexibility index (Phi) is 4.54. The summed E-state index contributed by atoms with van der Waals surface area (Å²) in [5.74, 6) is -0.131. The summed E-state index contributed by atoms with van der Waals surface area (Å²) >= 11 is 0. The van der Waals surface area contributed by atoms with E-state index < -0.39 is 11.7 Å². The first-order valence-electron chi connectivity index (χ1n) is 10.4. The molecule has 9 heteroatoms. The molecule has 0 saturated heterocycles. The Morgan fingerprint density at radius 2 is 2.06 bits per heavy atom. The van der Waals surface area contributed by atoms with Gasteiger partial charge < -0.3 is 15.0 Å². The van der Waals surface area contributed by atoms with E-state index in [1.807, 2.05) is 55.8 Å². The SMILES string of the molecule is CCN(C(=O)c1cc2c(cc1F)nc(N)c1cnc(C)n12)C(C)c1cn2ccccc2n1. The summed E-state index contributed by atoms with van der Waals surface area (Å²) in [6, 6.07) is 8.15. The Labute approximate surface area is 183 Å². The Morgan fingerprint density at radius 3 is 2.81 bits per heavy atom. The molecule has 0 spiro atoms. The third kappa shape index (κ3) is 2.96. The molecule has 0 radical (unpaired) electrons. The van der Waals surface area contributed by atoms with Crippen molar-refractivity contribution in [2.45, 2.75) is 26.8 Å². The first-order chi connectivity index (χ1) is 15.4. The van der Waals surface area contributed by atoms with E-state index in [1.54, 1.807) is 15.5 Å². The van der Waals surface area contributed by atoms with E-state index in [4.69, 9.17) is 5.73 Å². The van der Waals surface area contributed by atoms with Crippen molar-refractivity contribution in [2.75, 3.05) is 12.3 Å². The molecule has 0 saturated carbocycles. The number of halogens is 1. The van der Waals surface area contributed by atoms with Crippen LogP contribution in [0.15, 0.2) is 48.9 Å². The predicted octanol–water partition coefficient (Wildman–Crippen LogP) is 3.78. The number of carbonyl (C=O) groups is 1. The molecule has 5 rings (SSSR count). The molecule has 1 unspecified atom stereocenters. The second kappa shape index (κ2) is 7.30. The molecule has 4 aromatic heterocycles. The Balaban J connectivity index is 1.60. The molecule has 8 nitrogen and oxygen atoms in total. The summed E-state index contributed by atoms with van der Waals surface area (Å²) < 4.78 is 18.8. The number of imidazole rings is 2. The molecule has 1 amide bonds. The Bertz CT molecular complexity index is 1470. The minimum atomic E-state index is -0.646. The monoisotopic (exact) mass is 431 g/mol. The van der Waals surface area contributed by atoms with Crippen LogP contribution in [0.5, 0.6) is 0 Å². The molecule has 1 aromatic carbocycles. The summed E-state index contributed by atoms with van der Waals surface area (Å²) in [6.45, 7) is 5.97. The zero-order valence-electron chi connectivity index (χ0n) is 18.0. The van der Waals surface area contributed by atoms with E-state index in [2.05, 4.69) is 15.0 Å². The van der Waals surface area contributed by atoms with Crippen molar-refractivity contribution in [3.05, 3.63) is 71.8 Å². The van der Waals surface area contributed by atoms with Gasteiger partial charge in [-0.15, -0.1) is 0 Å². The first-order valence-corrected chi connectivity index (χ1v) is 10.4. The highest BCUT2D eigenvalue weighted by Crippen LogP contribution is 2.27. The smallest absolute Gasteiger partial charge is 0.257 e. The van der Waals surface area contributed by atoms with Crippen LogP contribution < -0.4 is 5.73 Å². The average Bonchev–Trinajstić information content (AvgIpc) is 3.38. The molecule has 5 aromatic rings. The van der Waals surface area contributed by atoms with Gasteiger partial charge in [0.2, 0.25) is 0 Å².